The van der Waals surface area contributed by atoms with E-state index in [1.165, 1.54) is 17.0 Å². The average Bonchev–Trinajstić information content (AvgIpc) is 3.47. The second kappa shape index (κ2) is 9.19. The van der Waals surface area contributed by atoms with Crippen LogP contribution in [-0.4, -0.2) is 29.5 Å². The van der Waals surface area contributed by atoms with E-state index in [-0.39, 0.29) is 11.9 Å². The first-order chi connectivity index (χ1) is 17.6. The first-order valence-electron chi connectivity index (χ1n) is 12.7. The lowest BCUT2D eigenvalue weighted by atomic mass is 9.88. The molecule has 3 aromatic carbocycles. The van der Waals surface area contributed by atoms with Crippen LogP contribution in [0.1, 0.15) is 42.3 Å². The summed E-state index contributed by atoms with van der Waals surface area (Å²) in [5.74, 6) is 1.44. The Hall–Kier alpha value is -3.48. The van der Waals surface area contributed by atoms with Crippen molar-refractivity contribution in [2.45, 2.75) is 38.0 Å². The number of piperidine rings is 1. The van der Waals surface area contributed by atoms with Crippen LogP contribution < -0.4 is 9.64 Å². The zero-order valence-corrected chi connectivity index (χ0v) is 20.3. The third-order valence-electron chi connectivity index (χ3n) is 7.77. The summed E-state index contributed by atoms with van der Waals surface area (Å²) >= 11 is 0. The lowest BCUT2D eigenvalue weighted by Crippen LogP contribution is -3.13. The molecule has 0 amide bonds. The van der Waals surface area contributed by atoms with Crippen LogP contribution in [0, 0.1) is 11.7 Å². The molecule has 36 heavy (non-hydrogen) atoms. The van der Waals surface area contributed by atoms with Gasteiger partial charge in [0.05, 0.1) is 6.54 Å². The van der Waals surface area contributed by atoms with E-state index >= 15 is 0 Å². The van der Waals surface area contributed by atoms with Crippen LogP contribution in [0.25, 0.3) is 11.1 Å². The van der Waals surface area contributed by atoms with E-state index in [2.05, 4.69) is 12.1 Å². The zero-order chi connectivity index (χ0) is 24.7. The number of nitrogens with zero attached hydrogens (tertiary/aromatic N) is 1. The van der Waals surface area contributed by atoms with Crippen LogP contribution >= 0.6 is 0 Å². The second-order valence-corrected chi connectivity index (χ2v) is 9.93. The van der Waals surface area contributed by atoms with Gasteiger partial charge in [-0.05, 0) is 29.7 Å². The summed E-state index contributed by atoms with van der Waals surface area (Å²) in [6.45, 7) is 4.61. The van der Waals surface area contributed by atoms with Crippen molar-refractivity contribution >= 4 is 0 Å². The van der Waals surface area contributed by atoms with Crippen LogP contribution in [0.4, 0.5) is 4.39 Å². The number of benzene rings is 3. The Labute approximate surface area is 210 Å². The van der Waals surface area contributed by atoms with Gasteiger partial charge in [0.25, 0.3) is 0 Å². The number of aliphatic hydroxyl groups is 1. The number of hydrogen-bond acceptors (Lipinski definition) is 4. The summed E-state index contributed by atoms with van der Waals surface area (Å²) in [6.07, 6.45) is 2.05. The number of aromatic nitrogens is 1. The van der Waals surface area contributed by atoms with Gasteiger partial charge in [-0.2, -0.15) is 0 Å². The van der Waals surface area contributed by atoms with Crippen LogP contribution in [0.5, 0.6) is 5.75 Å². The highest BCUT2D eigenvalue weighted by molar-refractivity contribution is 5.81. The van der Waals surface area contributed by atoms with Crippen LogP contribution in [0.15, 0.2) is 83.4 Å². The average molecular weight is 486 g/mol. The second-order valence-electron chi connectivity index (χ2n) is 9.93. The highest BCUT2D eigenvalue weighted by Crippen LogP contribution is 2.50. The van der Waals surface area contributed by atoms with Crippen molar-refractivity contribution in [2.75, 3.05) is 13.1 Å². The van der Waals surface area contributed by atoms with Crippen LogP contribution in [-0.2, 0) is 12.1 Å². The quantitative estimate of drug-likeness (QED) is 0.427. The van der Waals surface area contributed by atoms with Crippen LogP contribution in [0.3, 0.4) is 0 Å². The Morgan fingerprint density at radius 1 is 1.03 bits per heavy atom. The highest BCUT2D eigenvalue weighted by atomic mass is 19.1. The molecule has 2 N–H and O–H groups in total. The number of ether oxygens (including phenoxy) is 1. The summed E-state index contributed by atoms with van der Waals surface area (Å²) < 4.78 is 25.7. The van der Waals surface area contributed by atoms with E-state index in [1.807, 2.05) is 60.7 Å². The first kappa shape index (κ1) is 23.0. The fourth-order valence-corrected chi connectivity index (χ4v) is 5.91. The van der Waals surface area contributed by atoms with Gasteiger partial charge in [-0.3, -0.25) is 0 Å². The predicted octanol–water partition coefficient (Wildman–Crippen LogP) is 4.34. The molecule has 0 bridgehead atoms. The minimum atomic E-state index is -1.34. The van der Waals surface area contributed by atoms with Gasteiger partial charge in [-0.1, -0.05) is 66.7 Å². The van der Waals surface area contributed by atoms with E-state index < -0.39 is 5.60 Å². The minimum absolute atomic E-state index is 0.000659. The van der Waals surface area contributed by atoms with Gasteiger partial charge in [0, 0.05) is 35.6 Å². The van der Waals surface area contributed by atoms with Crippen molar-refractivity contribution < 1.29 is 23.7 Å². The molecule has 5 nitrogen and oxygen atoms in total. The smallest absolute Gasteiger partial charge is 0.191 e. The molecule has 0 spiro atoms. The van der Waals surface area contributed by atoms with E-state index in [0.29, 0.717) is 23.9 Å². The van der Waals surface area contributed by atoms with Crippen molar-refractivity contribution in [2.24, 2.45) is 5.92 Å². The maximum absolute atomic E-state index is 13.7. The molecule has 1 aliphatic carbocycles. The highest BCUT2D eigenvalue weighted by Gasteiger charge is 2.45. The maximum atomic E-state index is 13.7. The molecule has 184 valence electrons. The molecule has 1 aliphatic heterocycles. The van der Waals surface area contributed by atoms with Crippen molar-refractivity contribution in [3.05, 3.63) is 107 Å². The Balaban J connectivity index is 1.23. The molecule has 4 aromatic rings. The van der Waals surface area contributed by atoms with E-state index in [1.54, 1.807) is 6.07 Å². The fourth-order valence-electron chi connectivity index (χ4n) is 5.91. The Kier molecular flexibility index (Phi) is 5.86. The molecular formula is C30H30FN2O3+. The number of fused-ring (bicyclic) bond motifs is 3. The Bertz CT molecular complexity index is 1340. The lowest BCUT2D eigenvalue weighted by Gasteiger charge is -2.35. The Morgan fingerprint density at radius 3 is 2.44 bits per heavy atom. The molecule has 0 saturated carbocycles. The summed E-state index contributed by atoms with van der Waals surface area (Å²) in [5.41, 5.74) is 2.85. The molecule has 1 saturated heterocycles. The maximum Gasteiger partial charge on any atom is 0.191 e. The number of halogens is 1. The molecular weight excluding hydrogens is 455 g/mol. The van der Waals surface area contributed by atoms with Crippen molar-refractivity contribution in [1.29, 1.82) is 0 Å². The Morgan fingerprint density at radius 2 is 1.75 bits per heavy atom. The summed E-state index contributed by atoms with van der Waals surface area (Å²) in [5, 5.41) is 16.4. The molecule has 3 atom stereocenters. The molecule has 2 heterocycles. The molecule has 0 radical (unpaired) electrons. The molecule has 1 fully saturated rings. The molecule has 3 unspecified atom stereocenters. The van der Waals surface area contributed by atoms with Gasteiger partial charge in [0.2, 0.25) is 0 Å². The van der Waals surface area contributed by atoms with Crippen LogP contribution in [0.2, 0.25) is 0 Å². The summed E-state index contributed by atoms with van der Waals surface area (Å²) in [7, 11) is 0. The SMILES string of the molecule is CCC1CC[NH+](Cc2cc(C3(O)c4ccccc4-c4ccccc43)no2)CC1Oc1cccc(F)c1. The monoisotopic (exact) mass is 485 g/mol. The van der Waals surface area contributed by atoms with Gasteiger partial charge in [-0.25, -0.2) is 4.39 Å². The van der Waals surface area contributed by atoms with Crippen molar-refractivity contribution in [1.82, 2.24) is 5.16 Å². The number of hydrogen-bond donors (Lipinski definition) is 2. The van der Waals surface area contributed by atoms with Gasteiger partial charge in [-0.15, -0.1) is 0 Å². The molecule has 6 heteroatoms. The van der Waals surface area contributed by atoms with E-state index in [9.17, 15) is 9.50 Å². The predicted molar refractivity (Wildman–Crippen MR) is 134 cm³/mol. The first-order valence-corrected chi connectivity index (χ1v) is 12.7. The van der Waals surface area contributed by atoms with Gasteiger partial charge in [0.15, 0.2) is 17.5 Å². The normalized spacial score (nSPS) is 22.1. The molecule has 6 rings (SSSR count). The third-order valence-corrected chi connectivity index (χ3v) is 7.77. The van der Waals surface area contributed by atoms with Gasteiger partial charge >= 0.3 is 0 Å². The largest absolute Gasteiger partial charge is 0.484 e. The standard InChI is InChI=1S/C30H29FN2O3/c1-2-20-14-15-33(19-28(20)35-22-9-7-8-21(31)16-22)18-23-17-29(32-36-23)30(34)26-12-5-3-10-24(26)25-11-4-6-13-27(25)30/h3-13,16-17,20,28,34H,2,14-15,18-19H2,1H3/p+1. The topological polar surface area (TPSA) is 59.9 Å². The number of rotatable bonds is 6. The fraction of sp³-hybridized carbons (Fsp3) is 0.300. The molecule has 2 aliphatic rings. The van der Waals surface area contributed by atoms with Crippen molar-refractivity contribution in [3.8, 4) is 16.9 Å². The number of quaternary nitrogens is 1. The zero-order valence-electron chi connectivity index (χ0n) is 20.3. The lowest BCUT2D eigenvalue weighted by molar-refractivity contribution is -0.923. The number of likely N-dealkylation sites (tertiary alicyclic amines) is 1. The van der Waals surface area contributed by atoms with Gasteiger partial charge in [0.1, 0.15) is 30.4 Å². The molecule has 1 aromatic heterocycles. The summed E-state index contributed by atoms with van der Waals surface area (Å²) in [6, 6.07) is 24.1. The summed E-state index contributed by atoms with van der Waals surface area (Å²) in [4.78, 5) is 1.32. The third kappa shape index (κ3) is 3.91. The number of nitrogens with one attached hydrogen (secondary N) is 1. The minimum Gasteiger partial charge on any atom is -0.484 e. The van der Waals surface area contributed by atoms with Crippen molar-refractivity contribution in [3.63, 3.8) is 0 Å². The van der Waals surface area contributed by atoms with Gasteiger partial charge < -0.3 is 19.3 Å². The van der Waals surface area contributed by atoms with E-state index in [0.717, 1.165) is 53.9 Å². The van der Waals surface area contributed by atoms with E-state index in [4.69, 9.17) is 9.26 Å².